The number of hydrogen-bond acceptors (Lipinski definition) is 4. The van der Waals surface area contributed by atoms with Gasteiger partial charge in [-0.25, -0.2) is 0 Å². The lowest BCUT2D eigenvalue weighted by molar-refractivity contribution is 0.0543. The number of nitrogens with zero attached hydrogens (tertiary/aromatic N) is 1. The number of β-amino-alcohol motifs (C(OH)–C–C–N with tert-alkyl or cyclic N) is 1. The Bertz CT molecular complexity index is 706. The quantitative estimate of drug-likeness (QED) is 0.877. The van der Waals surface area contributed by atoms with Crippen molar-refractivity contribution in [3.63, 3.8) is 0 Å². The minimum Gasteiger partial charge on any atom is -0.497 e. The van der Waals surface area contributed by atoms with Crippen molar-refractivity contribution in [2.24, 2.45) is 0 Å². The molecule has 0 saturated carbocycles. The van der Waals surface area contributed by atoms with Crippen molar-refractivity contribution in [1.82, 2.24) is 4.90 Å². The molecule has 2 aromatic rings. The molecule has 5 nitrogen and oxygen atoms in total. The zero-order chi connectivity index (χ0) is 15.7. The van der Waals surface area contributed by atoms with E-state index in [2.05, 4.69) is 0 Å². The van der Waals surface area contributed by atoms with Gasteiger partial charge in [0.1, 0.15) is 5.75 Å². The van der Waals surface area contributed by atoms with Crippen LogP contribution in [0, 0.1) is 0 Å². The third-order valence-corrected chi connectivity index (χ3v) is 3.71. The second-order valence-electron chi connectivity index (χ2n) is 5.06. The number of aliphatic hydroxyl groups is 1. The van der Waals surface area contributed by atoms with E-state index < -0.39 is 6.10 Å². The Morgan fingerprint density at radius 3 is 2.27 bits per heavy atom. The SMILES string of the molecule is COc1cccc([C@@H](O)CN2C(=O)c3ccccc3C2=O)c1. The molecule has 0 radical (unpaired) electrons. The van der Waals surface area contributed by atoms with Gasteiger partial charge in [0.2, 0.25) is 0 Å². The number of benzene rings is 2. The maximum atomic E-state index is 12.3. The predicted molar refractivity (Wildman–Crippen MR) is 79.8 cm³/mol. The van der Waals surface area contributed by atoms with Gasteiger partial charge in [-0.05, 0) is 29.8 Å². The second kappa shape index (κ2) is 5.61. The van der Waals surface area contributed by atoms with E-state index in [9.17, 15) is 14.7 Å². The molecule has 112 valence electrons. The summed E-state index contributed by atoms with van der Waals surface area (Å²) in [5.41, 5.74) is 1.35. The van der Waals surface area contributed by atoms with Gasteiger partial charge in [-0.15, -0.1) is 0 Å². The van der Waals surface area contributed by atoms with Crippen LogP contribution in [0.3, 0.4) is 0 Å². The van der Waals surface area contributed by atoms with Crippen LogP contribution in [-0.4, -0.2) is 35.5 Å². The highest BCUT2D eigenvalue weighted by Crippen LogP contribution is 2.26. The molecule has 22 heavy (non-hydrogen) atoms. The summed E-state index contributed by atoms with van der Waals surface area (Å²) in [6.45, 7) is -0.0838. The molecule has 1 atom stereocenters. The Balaban J connectivity index is 1.82. The lowest BCUT2D eigenvalue weighted by Gasteiger charge is -2.19. The molecule has 1 N–H and O–H groups in total. The fourth-order valence-electron chi connectivity index (χ4n) is 2.53. The first-order valence-corrected chi connectivity index (χ1v) is 6.89. The van der Waals surface area contributed by atoms with Crippen LogP contribution in [0.15, 0.2) is 48.5 Å². The summed E-state index contributed by atoms with van der Waals surface area (Å²) < 4.78 is 5.11. The smallest absolute Gasteiger partial charge is 0.261 e. The van der Waals surface area contributed by atoms with Crippen molar-refractivity contribution in [2.75, 3.05) is 13.7 Å². The van der Waals surface area contributed by atoms with Crippen molar-refractivity contribution >= 4 is 11.8 Å². The van der Waals surface area contributed by atoms with Crippen LogP contribution in [0.4, 0.5) is 0 Å². The van der Waals surface area contributed by atoms with Gasteiger partial charge in [0.15, 0.2) is 0 Å². The molecule has 0 spiro atoms. The third-order valence-electron chi connectivity index (χ3n) is 3.71. The van der Waals surface area contributed by atoms with E-state index in [4.69, 9.17) is 4.74 Å². The van der Waals surface area contributed by atoms with Crippen molar-refractivity contribution < 1.29 is 19.4 Å². The number of methoxy groups -OCH3 is 1. The van der Waals surface area contributed by atoms with Gasteiger partial charge in [-0.2, -0.15) is 0 Å². The lowest BCUT2D eigenvalue weighted by Crippen LogP contribution is -2.33. The average Bonchev–Trinajstić information content (AvgIpc) is 2.80. The highest BCUT2D eigenvalue weighted by Gasteiger charge is 2.36. The zero-order valence-corrected chi connectivity index (χ0v) is 12.0. The Morgan fingerprint density at radius 1 is 1.05 bits per heavy atom. The number of fused-ring (bicyclic) bond motifs is 1. The maximum Gasteiger partial charge on any atom is 0.261 e. The Hall–Kier alpha value is -2.66. The van der Waals surface area contributed by atoms with Crippen LogP contribution in [-0.2, 0) is 0 Å². The van der Waals surface area contributed by atoms with Crippen molar-refractivity contribution in [3.05, 3.63) is 65.2 Å². The highest BCUT2D eigenvalue weighted by molar-refractivity contribution is 6.21. The summed E-state index contributed by atoms with van der Waals surface area (Å²) in [7, 11) is 1.54. The predicted octanol–water partition coefficient (Wildman–Crippen LogP) is 2.02. The molecule has 1 aliphatic heterocycles. The van der Waals surface area contributed by atoms with E-state index in [0.717, 1.165) is 4.90 Å². The van der Waals surface area contributed by atoms with Crippen LogP contribution in [0.25, 0.3) is 0 Å². The summed E-state index contributed by atoms with van der Waals surface area (Å²) >= 11 is 0. The van der Waals surface area contributed by atoms with Crippen LogP contribution < -0.4 is 4.74 Å². The van der Waals surface area contributed by atoms with E-state index in [1.54, 1.807) is 48.5 Å². The topological polar surface area (TPSA) is 66.8 Å². The molecule has 5 heteroatoms. The van der Waals surface area contributed by atoms with Gasteiger partial charge in [0.25, 0.3) is 11.8 Å². The van der Waals surface area contributed by atoms with Gasteiger partial charge in [0.05, 0.1) is 30.9 Å². The molecule has 1 aliphatic rings. The number of carbonyl (C=O) groups is 2. The second-order valence-corrected chi connectivity index (χ2v) is 5.06. The van der Waals surface area contributed by atoms with Crippen LogP contribution in [0.5, 0.6) is 5.75 Å². The van der Waals surface area contributed by atoms with Crippen molar-refractivity contribution in [1.29, 1.82) is 0 Å². The number of rotatable bonds is 4. The molecule has 3 rings (SSSR count). The zero-order valence-electron chi connectivity index (χ0n) is 12.0. The minimum atomic E-state index is -0.961. The highest BCUT2D eigenvalue weighted by atomic mass is 16.5. The molecule has 0 saturated heterocycles. The largest absolute Gasteiger partial charge is 0.497 e. The fraction of sp³-hybridized carbons (Fsp3) is 0.176. The summed E-state index contributed by atoms with van der Waals surface area (Å²) in [5, 5.41) is 10.3. The average molecular weight is 297 g/mol. The van der Waals surface area contributed by atoms with Gasteiger partial charge in [0, 0.05) is 0 Å². The molecule has 1 heterocycles. The normalized spacial score (nSPS) is 14.9. The number of amides is 2. The first-order chi connectivity index (χ1) is 10.6. The molecule has 0 aromatic heterocycles. The van der Waals surface area contributed by atoms with Crippen LogP contribution >= 0.6 is 0 Å². The summed E-state index contributed by atoms with van der Waals surface area (Å²) in [6, 6.07) is 13.6. The minimum absolute atomic E-state index is 0.0838. The van der Waals surface area contributed by atoms with Crippen molar-refractivity contribution in [2.45, 2.75) is 6.10 Å². The number of imide groups is 1. The van der Waals surface area contributed by atoms with Gasteiger partial charge >= 0.3 is 0 Å². The molecule has 0 bridgehead atoms. The first kappa shape index (κ1) is 14.3. The van der Waals surface area contributed by atoms with Crippen molar-refractivity contribution in [3.8, 4) is 5.75 Å². The number of aliphatic hydroxyl groups excluding tert-OH is 1. The number of ether oxygens (including phenoxy) is 1. The summed E-state index contributed by atoms with van der Waals surface area (Å²) in [5.74, 6) is -0.135. The lowest BCUT2D eigenvalue weighted by atomic mass is 10.1. The van der Waals surface area contributed by atoms with Gasteiger partial charge in [-0.3, -0.25) is 14.5 Å². The summed E-state index contributed by atoms with van der Waals surface area (Å²) in [4.78, 5) is 25.6. The van der Waals surface area contributed by atoms with Gasteiger partial charge < -0.3 is 9.84 Å². The fourth-order valence-corrected chi connectivity index (χ4v) is 2.53. The molecule has 2 aromatic carbocycles. The Morgan fingerprint density at radius 2 is 1.68 bits per heavy atom. The first-order valence-electron chi connectivity index (χ1n) is 6.89. The molecular weight excluding hydrogens is 282 g/mol. The van der Waals surface area contributed by atoms with Gasteiger partial charge in [-0.1, -0.05) is 24.3 Å². The molecule has 0 aliphatic carbocycles. The number of hydrogen-bond donors (Lipinski definition) is 1. The monoisotopic (exact) mass is 297 g/mol. The van der Waals surface area contributed by atoms with E-state index in [0.29, 0.717) is 22.4 Å². The molecule has 0 fully saturated rings. The Kier molecular flexibility index (Phi) is 3.65. The van der Waals surface area contributed by atoms with E-state index in [-0.39, 0.29) is 18.4 Å². The maximum absolute atomic E-state index is 12.3. The van der Waals surface area contributed by atoms with E-state index >= 15 is 0 Å². The molecule has 0 unspecified atom stereocenters. The molecule has 2 amide bonds. The standard InChI is InChI=1S/C17H15NO4/c1-22-12-6-4-5-11(9-12)15(19)10-18-16(20)13-7-2-3-8-14(13)17(18)21/h2-9,15,19H,10H2,1H3/t15-/m0/s1. The van der Waals surface area contributed by atoms with E-state index in [1.165, 1.54) is 7.11 Å². The third kappa shape index (κ3) is 2.35. The van der Waals surface area contributed by atoms with Crippen LogP contribution in [0.2, 0.25) is 0 Å². The van der Waals surface area contributed by atoms with Crippen LogP contribution in [0.1, 0.15) is 32.4 Å². The van der Waals surface area contributed by atoms with E-state index in [1.807, 2.05) is 0 Å². The number of carbonyl (C=O) groups excluding carboxylic acids is 2. The Labute approximate surface area is 127 Å². The molecular formula is C17H15NO4. The summed E-state index contributed by atoms with van der Waals surface area (Å²) in [6.07, 6.45) is -0.961.